The fourth-order valence-corrected chi connectivity index (χ4v) is 3.11. The van der Waals surface area contributed by atoms with E-state index >= 15 is 0 Å². The lowest BCUT2D eigenvalue weighted by atomic mass is 10.1. The van der Waals surface area contributed by atoms with Crippen molar-refractivity contribution in [3.63, 3.8) is 0 Å². The summed E-state index contributed by atoms with van der Waals surface area (Å²) in [5, 5.41) is 9.05. The predicted molar refractivity (Wildman–Crippen MR) is 83.1 cm³/mol. The van der Waals surface area contributed by atoms with Gasteiger partial charge in [0.15, 0.2) is 0 Å². The number of rotatable bonds is 4. The molecule has 0 spiro atoms. The Morgan fingerprint density at radius 1 is 1.39 bits per heavy atom. The number of hydrogen-bond acceptors (Lipinski definition) is 4. The van der Waals surface area contributed by atoms with E-state index < -0.39 is 5.97 Å². The molecule has 23 heavy (non-hydrogen) atoms. The van der Waals surface area contributed by atoms with E-state index in [0.29, 0.717) is 18.5 Å². The molecule has 2 aliphatic heterocycles. The van der Waals surface area contributed by atoms with Crippen LogP contribution in [0.5, 0.6) is 5.75 Å². The van der Waals surface area contributed by atoms with Crippen LogP contribution in [0.15, 0.2) is 29.8 Å². The Kier molecular flexibility index (Phi) is 4.34. The smallest absolute Gasteiger partial charge is 0.305 e. The zero-order chi connectivity index (χ0) is 16.4. The van der Waals surface area contributed by atoms with E-state index in [1.807, 2.05) is 30.3 Å². The molecule has 1 aromatic rings. The average Bonchev–Trinajstić information content (AvgIpc) is 2.96. The number of carbonyl (C=O) groups excluding carboxylic acids is 1. The summed E-state index contributed by atoms with van der Waals surface area (Å²) >= 11 is 0. The molecule has 1 saturated heterocycles. The minimum atomic E-state index is -0.913. The number of benzene rings is 1. The largest absolute Gasteiger partial charge is 0.488 e. The van der Waals surface area contributed by atoms with Crippen molar-refractivity contribution in [1.82, 2.24) is 4.90 Å². The van der Waals surface area contributed by atoms with E-state index in [-0.39, 0.29) is 31.1 Å². The first kappa shape index (κ1) is 15.6. The van der Waals surface area contributed by atoms with E-state index in [2.05, 4.69) is 0 Å². The third kappa shape index (κ3) is 3.22. The van der Waals surface area contributed by atoms with Gasteiger partial charge < -0.3 is 19.5 Å². The van der Waals surface area contributed by atoms with Crippen molar-refractivity contribution in [3.05, 3.63) is 35.4 Å². The fourth-order valence-electron chi connectivity index (χ4n) is 3.11. The van der Waals surface area contributed by atoms with Crippen LogP contribution in [0.25, 0.3) is 6.08 Å². The van der Waals surface area contributed by atoms with Gasteiger partial charge in [-0.25, -0.2) is 0 Å². The summed E-state index contributed by atoms with van der Waals surface area (Å²) in [7, 11) is 1.58. The number of amides is 1. The lowest BCUT2D eigenvalue weighted by Gasteiger charge is -2.26. The Labute approximate surface area is 134 Å². The van der Waals surface area contributed by atoms with Gasteiger partial charge in [-0.2, -0.15) is 0 Å². The van der Waals surface area contributed by atoms with Gasteiger partial charge in [-0.1, -0.05) is 18.2 Å². The number of carboxylic acids is 1. The molecule has 0 radical (unpaired) electrons. The van der Waals surface area contributed by atoms with Crippen molar-refractivity contribution in [2.24, 2.45) is 0 Å². The number of ether oxygens (including phenoxy) is 2. The molecule has 2 aliphatic rings. The van der Waals surface area contributed by atoms with Crippen LogP contribution in [0.3, 0.4) is 0 Å². The number of methoxy groups -OCH3 is 1. The molecule has 6 heteroatoms. The van der Waals surface area contributed by atoms with Crippen LogP contribution in [0.2, 0.25) is 0 Å². The monoisotopic (exact) mass is 317 g/mol. The molecule has 3 rings (SSSR count). The van der Waals surface area contributed by atoms with Crippen molar-refractivity contribution >= 4 is 18.0 Å². The SMILES string of the molecule is COC1CC(CC(=O)O)N(C(=O)C2=Cc3ccccc3OC2)C1. The van der Waals surface area contributed by atoms with Gasteiger partial charge in [0.1, 0.15) is 12.4 Å². The Hall–Kier alpha value is -2.34. The molecule has 6 nitrogen and oxygen atoms in total. The van der Waals surface area contributed by atoms with Gasteiger partial charge >= 0.3 is 5.97 Å². The van der Waals surface area contributed by atoms with Gasteiger partial charge in [-0.15, -0.1) is 0 Å². The van der Waals surface area contributed by atoms with Crippen LogP contribution in [-0.4, -0.2) is 54.3 Å². The maximum absolute atomic E-state index is 12.8. The molecule has 2 atom stereocenters. The van der Waals surface area contributed by atoms with Crippen LogP contribution in [0, 0.1) is 0 Å². The second-order valence-electron chi connectivity index (χ2n) is 5.80. The van der Waals surface area contributed by atoms with Crippen molar-refractivity contribution in [2.45, 2.75) is 25.0 Å². The van der Waals surface area contributed by atoms with Gasteiger partial charge in [-0.05, 0) is 18.6 Å². The van der Waals surface area contributed by atoms with Gasteiger partial charge in [0.2, 0.25) is 0 Å². The summed E-state index contributed by atoms with van der Waals surface area (Å²) < 4.78 is 10.9. The molecule has 122 valence electrons. The molecule has 1 N–H and O–H groups in total. The molecular weight excluding hydrogens is 298 g/mol. The number of carboxylic acid groups (broad SMARTS) is 1. The average molecular weight is 317 g/mol. The highest BCUT2D eigenvalue weighted by Gasteiger charge is 2.38. The van der Waals surface area contributed by atoms with Crippen molar-refractivity contribution in [2.75, 3.05) is 20.3 Å². The highest BCUT2D eigenvalue weighted by Crippen LogP contribution is 2.29. The minimum Gasteiger partial charge on any atom is -0.488 e. The number of likely N-dealkylation sites (tertiary alicyclic amines) is 1. The van der Waals surface area contributed by atoms with Gasteiger partial charge in [-0.3, -0.25) is 9.59 Å². The number of para-hydroxylation sites is 1. The van der Waals surface area contributed by atoms with E-state index in [1.165, 1.54) is 0 Å². The maximum atomic E-state index is 12.8. The Balaban J connectivity index is 1.81. The highest BCUT2D eigenvalue weighted by molar-refractivity contribution is 5.99. The Bertz CT molecular complexity index is 654. The molecule has 2 unspecified atom stereocenters. The summed E-state index contributed by atoms with van der Waals surface area (Å²) in [5.41, 5.74) is 1.40. The van der Waals surface area contributed by atoms with Crippen molar-refractivity contribution in [3.8, 4) is 5.75 Å². The van der Waals surface area contributed by atoms with Gasteiger partial charge in [0.25, 0.3) is 5.91 Å². The van der Waals surface area contributed by atoms with Crippen LogP contribution in [0.4, 0.5) is 0 Å². The fraction of sp³-hybridized carbons (Fsp3) is 0.412. The van der Waals surface area contributed by atoms with Crippen molar-refractivity contribution < 1.29 is 24.2 Å². The minimum absolute atomic E-state index is 0.0731. The lowest BCUT2D eigenvalue weighted by molar-refractivity contribution is -0.139. The number of hydrogen-bond donors (Lipinski definition) is 1. The molecular formula is C17H19NO5. The third-order valence-electron chi connectivity index (χ3n) is 4.29. The molecule has 1 aromatic carbocycles. The topological polar surface area (TPSA) is 76.1 Å². The van der Waals surface area contributed by atoms with Crippen LogP contribution >= 0.6 is 0 Å². The first-order valence-corrected chi connectivity index (χ1v) is 7.56. The highest BCUT2D eigenvalue weighted by atomic mass is 16.5. The summed E-state index contributed by atoms with van der Waals surface area (Å²) in [4.78, 5) is 25.4. The van der Waals surface area contributed by atoms with E-state index in [4.69, 9.17) is 14.6 Å². The molecule has 0 aliphatic carbocycles. The van der Waals surface area contributed by atoms with Gasteiger partial charge in [0.05, 0.1) is 18.1 Å². The molecule has 1 amide bonds. The van der Waals surface area contributed by atoms with Crippen LogP contribution in [-0.2, 0) is 14.3 Å². The lowest BCUT2D eigenvalue weighted by Crippen LogP contribution is -2.39. The third-order valence-corrected chi connectivity index (χ3v) is 4.29. The number of nitrogens with zero attached hydrogens (tertiary/aromatic N) is 1. The second kappa shape index (κ2) is 6.42. The standard InChI is InChI=1S/C17H19NO5/c1-22-14-7-13(8-16(19)20)18(9-14)17(21)12-6-11-4-2-3-5-15(11)23-10-12/h2-6,13-14H,7-10H2,1H3,(H,19,20). The Morgan fingerprint density at radius 2 is 2.17 bits per heavy atom. The van der Waals surface area contributed by atoms with E-state index in [0.717, 1.165) is 11.3 Å². The summed E-state index contributed by atoms with van der Waals surface area (Å²) in [6, 6.07) is 7.17. The Morgan fingerprint density at radius 3 is 2.91 bits per heavy atom. The quantitative estimate of drug-likeness (QED) is 0.912. The summed E-state index contributed by atoms with van der Waals surface area (Å²) in [6.45, 7) is 0.607. The zero-order valence-corrected chi connectivity index (χ0v) is 12.9. The first-order chi connectivity index (χ1) is 11.1. The molecule has 0 bridgehead atoms. The molecule has 1 fully saturated rings. The normalized spacial score (nSPS) is 23.0. The van der Waals surface area contributed by atoms with Crippen LogP contribution in [0.1, 0.15) is 18.4 Å². The summed E-state index contributed by atoms with van der Waals surface area (Å²) in [5.74, 6) is -0.337. The predicted octanol–water partition coefficient (Wildman–Crippen LogP) is 1.55. The number of carbonyl (C=O) groups is 2. The van der Waals surface area contributed by atoms with Crippen LogP contribution < -0.4 is 4.74 Å². The number of aliphatic carboxylic acids is 1. The molecule has 2 heterocycles. The maximum Gasteiger partial charge on any atom is 0.305 e. The van der Waals surface area contributed by atoms with Gasteiger partial charge in [0, 0.05) is 25.3 Å². The van der Waals surface area contributed by atoms with E-state index in [1.54, 1.807) is 12.0 Å². The molecule has 0 saturated carbocycles. The number of fused-ring (bicyclic) bond motifs is 1. The first-order valence-electron chi connectivity index (χ1n) is 7.56. The van der Waals surface area contributed by atoms with E-state index in [9.17, 15) is 9.59 Å². The zero-order valence-electron chi connectivity index (χ0n) is 12.9. The molecule has 0 aromatic heterocycles. The van der Waals surface area contributed by atoms with Crippen molar-refractivity contribution in [1.29, 1.82) is 0 Å². The second-order valence-corrected chi connectivity index (χ2v) is 5.80. The summed E-state index contributed by atoms with van der Waals surface area (Å²) in [6.07, 6.45) is 2.16.